The molecule has 31 heavy (non-hydrogen) atoms. The van der Waals surface area contributed by atoms with Crippen molar-refractivity contribution < 1.29 is 14.1 Å². The minimum atomic E-state index is -0.884. The maximum Gasteiger partial charge on any atom is 0.245 e. The number of hydrogen-bond donors (Lipinski definition) is 0. The van der Waals surface area contributed by atoms with Crippen LogP contribution in [0.1, 0.15) is 65.7 Å². The summed E-state index contributed by atoms with van der Waals surface area (Å²) < 4.78 is 5.29. The number of nitrogens with zero attached hydrogens (tertiary/aromatic N) is 3. The number of carbonyl (C=O) groups excluding carboxylic acids is 2. The van der Waals surface area contributed by atoms with Crippen molar-refractivity contribution in [3.05, 3.63) is 53.9 Å². The lowest BCUT2D eigenvalue weighted by Crippen LogP contribution is -2.58. The Morgan fingerprint density at radius 3 is 2.26 bits per heavy atom. The Morgan fingerprint density at radius 2 is 1.71 bits per heavy atom. The fourth-order valence-electron chi connectivity index (χ4n) is 4.61. The fraction of sp³-hybridized carbons (Fsp3) is 0.560. The van der Waals surface area contributed by atoms with Crippen LogP contribution in [0.3, 0.4) is 0 Å². The molecular formula is C25H35N3O3. The number of hydrogen-bond acceptors (Lipinski definition) is 4. The zero-order valence-electron chi connectivity index (χ0n) is 19.8. The molecule has 0 aliphatic carbocycles. The monoisotopic (exact) mass is 425 g/mol. The molecule has 0 N–H and O–H groups in total. The summed E-state index contributed by atoms with van der Waals surface area (Å²) in [6, 6.07) is 11.4. The molecule has 168 valence electrons. The van der Waals surface area contributed by atoms with E-state index in [1.165, 1.54) is 0 Å². The Balaban J connectivity index is 1.92. The van der Waals surface area contributed by atoms with Gasteiger partial charge in [0.2, 0.25) is 11.8 Å². The minimum Gasteiger partial charge on any atom is -0.360 e. The van der Waals surface area contributed by atoms with Gasteiger partial charge < -0.3 is 14.3 Å². The molecule has 2 amide bonds. The molecule has 1 aromatic carbocycles. The lowest BCUT2D eigenvalue weighted by atomic mass is 9.69. The van der Waals surface area contributed by atoms with E-state index in [1.807, 2.05) is 44.0 Å². The molecule has 1 saturated heterocycles. The van der Waals surface area contributed by atoms with Gasteiger partial charge >= 0.3 is 0 Å². The average Bonchev–Trinajstić information content (AvgIpc) is 3.43. The van der Waals surface area contributed by atoms with Crippen LogP contribution in [-0.2, 0) is 20.5 Å². The summed E-state index contributed by atoms with van der Waals surface area (Å²) in [6.45, 7) is 12.8. The summed E-state index contributed by atoms with van der Waals surface area (Å²) in [7, 11) is 1.86. The number of benzene rings is 1. The third-order valence-corrected chi connectivity index (χ3v) is 7.18. The van der Waals surface area contributed by atoms with Crippen LogP contribution in [0.15, 0.2) is 47.1 Å². The van der Waals surface area contributed by atoms with Gasteiger partial charge in [-0.3, -0.25) is 9.59 Å². The highest BCUT2D eigenvalue weighted by molar-refractivity contribution is 5.93. The van der Waals surface area contributed by atoms with E-state index in [-0.39, 0.29) is 17.2 Å². The molecule has 6 nitrogen and oxygen atoms in total. The minimum absolute atomic E-state index is 0.0273. The Hall–Kier alpha value is -2.63. The predicted octanol–water partition coefficient (Wildman–Crippen LogP) is 4.36. The van der Waals surface area contributed by atoms with E-state index in [1.54, 1.807) is 17.2 Å². The van der Waals surface area contributed by atoms with Gasteiger partial charge in [0.05, 0.1) is 11.7 Å². The van der Waals surface area contributed by atoms with E-state index in [2.05, 4.69) is 45.0 Å². The largest absolute Gasteiger partial charge is 0.360 e. The van der Waals surface area contributed by atoms with E-state index in [0.717, 1.165) is 12.0 Å². The molecule has 0 spiro atoms. The van der Waals surface area contributed by atoms with E-state index in [9.17, 15) is 9.59 Å². The molecule has 0 bridgehead atoms. The van der Waals surface area contributed by atoms with Crippen LogP contribution in [0.4, 0.5) is 0 Å². The fourth-order valence-corrected chi connectivity index (χ4v) is 4.61. The molecule has 2 atom stereocenters. The van der Waals surface area contributed by atoms with Crippen LogP contribution in [0, 0.1) is 5.41 Å². The van der Waals surface area contributed by atoms with Crippen molar-refractivity contribution in [2.45, 2.75) is 71.4 Å². The SMILES string of the molecule is CN(C(=O)C1CCCN1C(=O)C(C)(C)c1ccno1)C(C)(c1ccccc1)C(C)(C)C. The molecule has 3 rings (SSSR count). The number of carbonyl (C=O) groups is 2. The number of likely N-dealkylation sites (tertiary alicyclic amines) is 1. The second-order valence-corrected chi connectivity index (χ2v) is 10.2. The first-order chi connectivity index (χ1) is 14.4. The Kier molecular flexibility index (Phi) is 6.05. The zero-order valence-corrected chi connectivity index (χ0v) is 19.8. The molecule has 2 heterocycles. The van der Waals surface area contributed by atoms with Crippen LogP contribution in [-0.4, -0.2) is 46.4 Å². The molecule has 0 saturated carbocycles. The van der Waals surface area contributed by atoms with Gasteiger partial charge in [-0.2, -0.15) is 0 Å². The van der Waals surface area contributed by atoms with E-state index in [0.29, 0.717) is 18.7 Å². The Labute approximate surface area is 185 Å². The van der Waals surface area contributed by atoms with Gasteiger partial charge in [0.15, 0.2) is 5.76 Å². The first kappa shape index (κ1) is 23.0. The summed E-state index contributed by atoms with van der Waals surface area (Å²) in [5.41, 5.74) is -0.560. The van der Waals surface area contributed by atoms with Gasteiger partial charge in [-0.05, 0) is 44.6 Å². The highest BCUT2D eigenvalue weighted by atomic mass is 16.5. The lowest BCUT2D eigenvalue weighted by Gasteiger charge is -2.50. The van der Waals surface area contributed by atoms with Crippen molar-refractivity contribution in [1.29, 1.82) is 0 Å². The highest BCUT2D eigenvalue weighted by Crippen LogP contribution is 2.44. The molecule has 1 aliphatic heterocycles. The summed E-state index contributed by atoms with van der Waals surface area (Å²) >= 11 is 0. The van der Waals surface area contributed by atoms with Crippen LogP contribution < -0.4 is 0 Å². The average molecular weight is 426 g/mol. The van der Waals surface area contributed by atoms with Crippen molar-refractivity contribution in [1.82, 2.24) is 15.0 Å². The molecule has 2 unspecified atom stereocenters. The zero-order chi connectivity index (χ0) is 23.0. The first-order valence-corrected chi connectivity index (χ1v) is 11.0. The van der Waals surface area contributed by atoms with E-state index < -0.39 is 17.0 Å². The summed E-state index contributed by atoms with van der Waals surface area (Å²) in [5.74, 6) is 0.374. The first-order valence-electron chi connectivity index (χ1n) is 11.0. The van der Waals surface area contributed by atoms with Crippen LogP contribution in [0.25, 0.3) is 0 Å². The van der Waals surface area contributed by atoms with Crippen molar-refractivity contribution >= 4 is 11.8 Å². The van der Waals surface area contributed by atoms with E-state index in [4.69, 9.17) is 4.52 Å². The second kappa shape index (κ2) is 8.13. The van der Waals surface area contributed by atoms with Gasteiger partial charge in [0, 0.05) is 19.7 Å². The molecule has 1 aromatic heterocycles. The summed E-state index contributed by atoms with van der Waals surface area (Å²) in [6.07, 6.45) is 3.01. The van der Waals surface area contributed by atoms with Crippen molar-refractivity contribution in [2.75, 3.05) is 13.6 Å². The molecule has 0 radical (unpaired) electrons. The molecule has 6 heteroatoms. The van der Waals surface area contributed by atoms with E-state index >= 15 is 0 Å². The number of aromatic nitrogens is 1. The maximum absolute atomic E-state index is 13.8. The summed E-state index contributed by atoms with van der Waals surface area (Å²) in [5, 5.41) is 3.75. The summed E-state index contributed by atoms with van der Waals surface area (Å²) in [4.78, 5) is 30.9. The molecule has 1 aliphatic rings. The normalized spacial score (nSPS) is 19.2. The molecule has 1 fully saturated rings. The Morgan fingerprint density at radius 1 is 1.06 bits per heavy atom. The standard InChI is InChI=1S/C25H35N3O3/c1-23(2,3)25(6,18-12-9-8-10-13-18)27(7)21(29)19-14-11-17-28(19)22(30)24(4,5)20-15-16-26-31-20/h8-10,12-13,15-16,19H,11,14,17H2,1-7H3. The van der Waals surface area contributed by atoms with Crippen LogP contribution in [0.2, 0.25) is 0 Å². The van der Waals surface area contributed by atoms with Gasteiger partial charge in [-0.1, -0.05) is 56.3 Å². The second-order valence-electron chi connectivity index (χ2n) is 10.2. The van der Waals surface area contributed by atoms with Gasteiger partial charge in [0.25, 0.3) is 0 Å². The predicted molar refractivity (Wildman–Crippen MR) is 120 cm³/mol. The quantitative estimate of drug-likeness (QED) is 0.714. The highest BCUT2D eigenvalue weighted by Gasteiger charge is 2.49. The number of rotatable bonds is 5. The van der Waals surface area contributed by atoms with Gasteiger partial charge in [0.1, 0.15) is 11.5 Å². The third-order valence-electron chi connectivity index (χ3n) is 7.18. The third kappa shape index (κ3) is 3.88. The number of likely N-dealkylation sites (N-methyl/N-ethyl adjacent to an activating group) is 1. The molecular weight excluding hydrogens is 390 g/mol. The smallest absolute Gasteiger partial charge is 0.245 e. The topological polar surface area (TPSA) is 66.7 Å². The molecule has 2 aromatic rings. The van der Waals surface area contributed by atoms with Crippen LogP contribution in [0.5, 0.6) is 0 Å². The maximum atomic E-state index is 13.8. The Bertz CT molecular complexity index is 915. The van der Waals surface area contributed by atoms with Gasteiger partial charge in [-0.15, -0.1) is 0 Å². The van der Waals surface area contributed by atoms with Crippen molar-refractivity contribution in [2.24, 2.45) is 5.41 Å². The van der Waals surface area contributed by atoms with Crippen molar-refractivity contribution in [3.63, 3.8) is 0 Å². The van der Waals surface area contributed by atoms with Gasteiger partial charge in [-0.25, -0.2) is 0 Å². The number of amides is 2. The van der Waals surface area contributed by atoms with Crippen molar-refractivity contribution in [3.8, 4) is 0 Å². The van der Waals surface area contributed by atoms with Crippen LogP contribution >= 0.6 is 0 Å². The lowest BCUT2D eigenvalue weighted by molar-refractivity contribution is -0.152.